The molecule has 0 bridgehead atoms. The minimum Gasteiger partial charge on any atom is -0.373 e. The summed E-state index contributed by atoms with van der Waals surface area (Å²) in [5.41, 5.74) is 0.461. The minimum absolute atomic E-state index is 0.145. The monoisotopic (exact) mass is 283 g/mol. The van der Waals surface area contributed by atoms with Gasteiger partial charge in [0, 0.05) is 19.3 Å². The quantitative estimate of drug-likeness (QED) is 0.753. The second-order valence-corrected chi connectivity index (χ2v) is 5.08. The molecule has 1 rings (SSSR count). The van der Waals surface area contributed by atoms with E-state index in [0.29, 0.717) is 16.4 Å². The number of aromatic nitrogens is 1. The average molecular weight is 284 g/mol. The Morgan fingerprint density at radius 3 is 2.84 bits per heavy atom. The van der Waals surface area contributed by atoms with E-state index in [4.69, 9.17) is 11.6 Å². The zero-order chi connectivity index (χ0) is 14.3. The Kier molecular flexibility index (Phi) is 6.64. The fourth-order valence-electron chi connectivity index (χ4n) is 1.82. The van der Waals surface area contributed by atoms with Gasteiger partial charge in [0.25, 0.3) is 5.91 Å². The van der Waals surface area contributed by atoms with Crippen LogP contribution in [0.5, 0.6) is 0 Å². The van der Waals surface area contributed by atoms with Gasteiger partial charge in [0.1, 0.15) is 5.82 Å². The van der Waals surface area contributed by atoms with E-state index >= 15 is 0 Å². The molecule has 0 aromatic carbocycles. The van der Waals surface area contributed by atoms with Crippen molar-refractivity contribution in [2.24, 2.45) is 0 Å². The maximum absolute atomic E-state index is 12.1. The van der Waals surface area contributed by atoms with E-state index in [9.17, 15) is 4.79 Å². The molecule has 1 aromatic rings. The standard InChI is InChI=1S/C14H22ClN3O/c1-4-5-6-7-10(2)18-14(19)11-8-13(16-3)17-9-12(11)15/h8-10H,4-7H2,1-3H3,(H,16,17)(H,18,19). The van der Waals surface area contributed by atoms with E-state index in [1.54, 1.807) is 13.1 Å². The van der Waals surface area contributed by atoms with Gasteiger partial charge >= 0.3 is 0 Å². The van der Waals surface area contributed by atoms with Gasteiger partial charge in [-0.05, 0) is 19.4 Å². The molecule has 0 aliphatic carbocycles. The predicted octanol–water partition coefficient (Wildman–Crippen LogP) is 3.48. The summed E-state index contributed by atoms with van der Waals surface area (Å²) in [6.07, 6.45) is 5.98. The van der Waals surface area contributed by atoms with Crippen LogP contribution in [0.3, 0.4) is 0 Å². The van der Waals surface area contributed by atoms with Crippen LogP contribution in [0, 0.1) is 0 Å². The van der Waals surface area contributed by atoms with Crippen LogP contribution >= 0.6 is 11.6 Å². The van der Waals surface area contributed by atoms with Crippen molar-refractivity contribution in [1.29, 1.82) is 0 Å². The van der Waals surface area contributed by atoms with Gasteiger partial charge in [0.15, 0.2) is 0 Å². The summed E-state index contributed by atoms with van der Waals surface area (Å²) in [6, 6.07) is 1.82. The number of halogens is 1. The van der Waals surface area contributed by atoms with E-state index in [2.05, 4.69) is 22.5 Å². The lowest BCUT2D eigenvalue weighted by Crippen LogP contribution is -2.32. The molecule has 0 fully saturated rings. The third-order valence-electron chi connectivity index (χ3n) is 2.97. The summed E-state index contributed by atoms with van der Waals surface area (Å²) in [6.45, 7) is 4.18. The number of nitrogens with one attached hydrogen (secondary N) is 2. The van der Waals surface area contributed by atoms with Gasteiger partial charge in [-0.15, -0.1) is 0 Å². The highest BCUT2D eigenvalue weighted by molar-refractivity contribution is 6.33. The number of carbonyl (C=O) groups excluding carboxylic acids is 1. The van der Waals surface area contributed by atoms with Gasteiger partial charge in [0.05, 0.1) is 10.6 Å². The Morgan fingerprint density at radius 1 is 1.47 bits per heavy atom. The molecule has 1 amide bonds. The molecule has 1 unspecified atom stereocenters. The molecule has 0 spiro atoms. The Morgan fingerprint density at radius 2 is 2.21 bits per heavy atom. The molecular formula is C14H22ClN3O. The molecule has 0 aliphatic heterocycles. The van der Waals surface area contributed by atoms with E-state index in [1.165, 1.54) is 19.0 Å². The Hall–Kier alpha value is -1.29. The van der Waals surface area contributed by atoms with Crippen molar-refractivity contribution in [2.45, 2.75) is 45.6 Å². The van der Waals surface area contributed by atoms with Crippen LogP contribution in [0.15, 0.2) is 12.3 Å². The first kappa shape index (κ1) is 15.8. The molecule has 0 radical (unpaired) electrons. The van der Waals surface area contributed by atoms with Crippen LogP contribution in [0.4, 0.5) is 5.82 Å². The topological polar surface area (TPSA) is 54.0 Å². The summed E-state index contributed by atoms with van der Waals surface area (Å²) in [7, 11) is 1.76. The second kappa shape index (κ2) is 8.00. The molecule has 0 saturated carbocycles. The van der Waals surface area contributed by atoms with Crippen molar-refractivity contribution in [3.63, 3.8) is 0 Å². The molecule has 1 aromatic heterocycles. The Labute approximate surface area is 120 Å². The molecule has 0 aliphatic rings. The van der Waals surface area contributed by atoms with Gasteiger partial charge in [-0.2, -0.15) is 0 Å². The van der Waals surface area contributed by atoms with Crippen LogP contribution in [0.1, 0.15) is 49.9 Å². The Balaban J connectivity index is 2.62. The number of hydrogen-bond donors (Lipinski definition) is 2. The average Bonchev–Trinajstić information content (AvgIpc) is 2.39. The molecule has 2 N–H and O–H groups in total. The minimum atomic E-state index is -0.145. The molecular weight excluding hydrogens is 262 g/mol. The van der Waals surface area contributed by atoms with Crippen LogP contribution < -0.4 is 10.6 Å². The van der Waals surface area contributed by atoms with Crippen molar-refractivity contribution < 1.29 is 4.79 Å². The number of anilines is 1. The summed E-state index contributed by atoms with van der Waals surface area (Å²) in [5.74, 6) is 0.487. The third-order valence-corrected chi connectivity index (χ3v) is 3.28. The molecule has 1 heterocycles. The highest BCUT2D eigenvalue weighted by atomic mass is 35.5. The summed E-state index contributed by atoms with van der Waals surface area (Å²) in [4.78, 5) is 16.2. The number of nitrogens with zero attached hydrogens (tertiary/aromatic N) is 1. The molecule has 4 nitrogen and oxygen atoms in total. The van der Waals surface area contributed by atoms with Crippen LogP contribution in [0.2, 0.25) is 5.02 Å². The van der Waals surface area contributed by atoms with E-state index in [-0.39, 0.29) is 11.9 Å². The van der Waals surface area contributed by atoms with Crippen LogP contribution in [-0.4, -0.2) is 24.0 Å². The molecule has 106 valence electrons. The second-order valence-electron chi connectivity index (χ2n) is 4.67. The first-order valence-electron chi connectivity index (χ1n) is 6.72. The number of carbonyl (C=O) groups is 1. The Bertz CT molecular complexity index is 423. The summed E-state index contributed by atoms with van der Waals surface area (Å²) >= 11 is 6.01. The predicted molar refractivity (Wildman–Crippen MR) is 79.9 cm³/mol. The SMILES string of the molecule is CCCCCC(C)NC(=O)c1cc(NC)ncc1Cl. The summed E-state index contributed by atoms with van der Waals surface area (Å²) in [5, 5.41) is 6.24. The van der Waals surface area contributed by atoms with Crippen LogP contribution in [0.25, 0.3) is 0 Å². The van der Waals surface area contributed by atoms with Gasteiger partial charge in [-0.25, -0.2) is 4.98 Å². The zero-order valence-corrected chi connectivity index (χ0v) is 12.5. The van der Waals surface area contributed by atoms with Crippen molar-refractivity contribution in [3.05, 3.63) is 22.8 Å². The van der Waals surface area contributed by atoms with Crippen molar-refractivity contribution in [3.8, 4) is 0 Å². The number of unbranched alkanes of at least 4 members (excludes halogenated alkanes) is 2. The zero-order valence-electron chi connectivity index (χ0n) is 11.8. The maximum Gasteiger partial charge on any atom is 0.253 e. The van der Waals surface area contributed by atoms with Gasteiger partial charge in [0.2, 0.25) is 0 Å². The van der Waals surface area contributed by atoms with Crippen molar-refractivity contribution in [2.75, 3.05) is 12.4 Å². The van der Waals surface area contributed by atoms with Crippen molar-refractivity contribution in [1.82, 2.24) is 10.3 Å². The van der Waals surface area contributed by atoms with E-state index < -0.39 is 0 Å². The highest BCUT2D eigenvalue weighted by Crippen LogP contribution is 2.18. The number of rotatable bonds is 7. The molecule has 0 saturated heterocycles. The van der Waals surface area contributed by atoms with Gasteiger partial charge in [-0.1, -0.05) is 37.8 Å². The molecule has 1 atom stereocenters. The number of amides is 1. The van der Waals surface area contributed by atoms with Crippen molar-refractivity contribution >= 4 is 23.3 Å². The largest absolute Gasteiger partial charge is 0.373 e. The lowest BCUT2D eigenvalue weighted by atomic mass is 10.1. The fourth-order valence-corrected chi connectivity index (χ4v) is 2.01. The lowest BCUT2D eigenvalue weighted by molar-refractivity contribution is 0.0938. The van der Waals surface area contributed by atoms with E-state index in [1.807, 2.05) is 6.92 Å². The molecule has 19 heavy (non-hydrogen) atoms. The molecule has 5 heteroatoms. The van der Waals surface area contributed by atoms with Crippen LogP contribution in [-0.2, 0) is 0 Å². The fraction of sp³-hybridized carbons (Fsp3) is 0.571. The first-order valence-corrected chi connectivity index (χ1v) is 7.10. The maximum atomic E-state index is 12.1. The number of hydrogen-bond acceptors (Lipinski definition) is 3. The first-order chi connectivity index (χ1) is 9.08. The highest BCUT2D eigenvalue weighted by Gasteiger charge is 2.14. The summed E-state index contributed by atoms with van der Waals surface area (Å²) < 4.78 is 0. The van der Waals surface area contributed by atoms with Gasteiger partial charge in [-0.3, -0.25) is 4.79 Å². The van der Waals surface area contributed by atoms with E-state index in [0.717, 1.165) is 12.8 Å². The third kappa shape index (κ3) is 5.07. The lowest BCUT2D eigenvalue weighted by Gasteiger charge is -2.14. The van der Waals surface area contributed by atoms with Gasteiger partial charge < -0.3 is 10.6 Å². The number of pyridine rings is 1. The normalized spacial score (nSPS) is 12.0. The smallest absolute Gasteiger partial charge is 0.253 e.